The normalized spacial score (nSPS) is 11.8. The Kier molecular flexibility index (Phi) is 9.73. The molecule has 26 heavy (non-hydrogen) atoms. The number of nitrogens with one attached hydrogen (secondary N) is 2. The third-order valence-electron chi connectivity index (χ3n) is 4.20. The Morgan fingerprint density at radius 3 is 2.27 bits per heavy atom. The Morgan fingerprint density at radius 2 is 1.77 bits per heavy atom. The molecule has 0 radical (unpaired) electrons. The predicted octanol–water partition coefficient (Wildman–Crippen LogP) is 2.17. The van der Waals surface area contributed by atoms with Gasteiger partial charge < -0.3 is 15.5 Å². The highest BCUT2D eigenvalue weighted by molar-refractivity contribution is 5.93. The van der Waals surface area contributed by atoms with Gasteiger partial charge in [0.2, 0.25) is 0 Å². The first-order chi connectivity index (χ1) is 12.4. The quantitative estimate of drug-likeness (QED) is 0.523. The molecular formula is C20H35N5O. The van der Waals surface area contributed by atoms with Crippen LogP contribution in [0.1, 0.15) is 43.6 Å². The van der Waals surface area contributed by atoms with E-state index in [1.165, 1.54) is 0 Å². The van der Waals surface area contributed by atoms with Crippen molar-refractivity contribution in [3.63, 3.8) is 0 Å². The van der Waals surface area contributed by atoms with Gasteiger partial charge in [0.25, 0.3) is 5.91 Å². The lowest BCUT2D eigenvalue weighted by Gasteiger charge is -2.25. The molecule has 0 unspecified atom stereocenters. The van der Waals surface area contributed by atoms with Crippen LogP contribution in [0.25, 0.3) is 0 Å². The van der Waals surface area contributed by atoms with E-state index in [4.69, 9.17) is 0 Å². The molecule has 0 saturated carbocycles. The first-order valence-corrected chi connectivity index (χ1v) is 9.45. The topological polar surface area (TPSA) is 60.0 Å². The monoisotopic (exact) mass is 361 g/mol. The van der Waals surface area contributed by atoms with Gasteiger partial charge in [0.05, 0.1) is 6.54 Å². The van der Waals surface area contributed by atoms with E-state index in [0.29, 0.717) is 18.2 Å². The second-order valence-electron chi connectivity index (χ2n) is 6.74. The number of likely N-dealkylation sites (N-methyl/N-ethyl adjacent to an activating group) is 1. The molecule has 2 N–H and O–H groups in total. The molecule has 0 spiro atoms. The fourth-order valence-electron chi connectivity index (χ4n) is 2.62. The molecule has 0 aromatic heterocycles. The Hall–Kier alpha value is -2.08. The zero-order valence-corrected chi connectivity index (χ0v) is 17.2. The van der Waals surface area contributed by atoms with Crippen LogP contribution in [0, 0.1) is 0 Å². The summed E-state index contributed by atoms with van der Waals surface area (Å²) in [7, 11) is 3.52. The summed E-state index contributed by atoms with van der Waals surface area (Å²) in [5, 5.41) is 6.67. The zero-order valence-electron chi connectivity index (χ0n) is 17.2. The van der Waals surface area contributed by atoms with E-state index in [1.807, 2.05) is 24.3 Å². The van der Waals surface area contributed by atoms with Gasteiger partial charge in [-0.2, -0.15) is 0 Å². The number of carbonyl (C=O) groups excluding carboxylic acids is 1. The number of aliphatic imine (C=N–C) groups is 1. The van der Waals surface area contributed by atoms with Crippen molar-refractivity contribution in [1.82, 2.24) is 20.4 Å². The molecule has 0 fully saturated rings. The first-order valence-electron chi connectivity index (χ1n) is 9.45. The lowest BCUT2D eigenvalue weighted by atomic mass is 10.1. The lowest BCUT2D eigenvalue weighted by molar-refractivity contribution is 0.0827. The van der Waals surface area contributed by atoms with Gasteiger partial charge in [0.15, 0.2) is 5.96 Å². The molecule has 1 rings (SSSR count). The lowest BCUT2D eigenvalue weighted by Crippen LogP contribution is -2.43. The molecule has 146 valence electrons. The van der Waals surface area contributed by atoms with Crippen molar-refractivity contribution in [2.45, 2.75) is 40.3 Å². The smallest absolute Gasteiger partial charge is 0.253 e. The molecule has 0 aliphatic heterocycles. The van der Waals surface area contributed by atoms with Gasteiger partial charge in [-0.1, -0.05) is 19.1 Å². The van der Waals surface area contributed by atoms with Crippen molar-refractivity contribution in [1.29, 1.82) is 0 Å². The third kappa shape index (κ3) is 7.44. The maximum atomic E-state index is 11.9. The van der Waals surface area contributed by atoms with Crippen molar-refractivity contribution in [3.05, 3.63) is 35.4 Å². The molecule has 0 bridgehead atoms. The summed E-state index contributed by atoms with van der Waals surface area (Å²) in [6.07, 6.45) is 0. The zero-order chi connectivity index (χ0) is 19.5. The van der Waals surface area contributed by atoms with Crippen molar-refractivity contribution in [3.8, 4) is 0 Å². The Labute approximate surface area is 158 Å². The van der Waals surface area contributed by atoms with Gasteiger partial charge in [-0.05, 0) is 45.0 Å². The molecule has 0 aliphatic rings. The van der Waals surface area contributed by atoms with E-state index in [0.717, 1.165) is 37.7 Å². The second-order valence-corrected chi connectivity index (χ2v) is 6.74. The highest BCUT2D eigenvalue weighted by Crippen LogP contribution is 2.07. The maximum absolute atomic E-state index is 11.9. The molecule has 0 atom stereocenters. The second kappa shape index (κ2) is 11.5. The summed E-state index contributed by atoms with van der Waals surface area (Å²) in [5.74, 6) is 0.835. The number of nitrogens with zero attached hydrogens (tertiary/aromatic N) is 3. The number of rotatable bonds is 9. The van der Waals surface area contributed by atoms with E-state index in [1.54, 1.807) is 19.0 Å². The summed E-state index contributed by atoms with van der Waals surface area (Å²) in [5.41, 5.74) is 1.77. The fourth-order valence-corrected chi connectivity index (χ4v) is 2.62. The van der Waals surface area contributed by atoms with E-state index < -0.39 is 0 Å². The van der Waals surface area contributed by atoms with E-state index in [2.05, 4.69) is 48.2 Å². The minimum Gasteiger partial charge on any atom is -0.357 e. The number of benzene rings is 1. The molecule has 0 saturated heterocycles. The van der Waals surface area contributed by atoms with Crippen LogP contribution < -0.4 is 10.6 Å². The fraction of sp³-hybridized carbons (Fsp3) is 0.600. The van der Waals surface area contributed by atoms with E-state index in [9.17, 15) is 4.79 Å². The highest BCUT2D eigenvalue weighted by atomic mass is 16.2. The van der Waals surface area contributed by atoms with Gasteiger partial charge in [-0.15, -0.1) is 0 Å². The minimum atomic E-state index is 0.0145. The average molecular weight is 362 g/mol. The standard InChI is InChI=1S/C20H35N5O/c1-7-21-20(22-13-14-25(8-2)16(3)4)23-15-17-9-11-18(12-10-17)19(26)24(5)6/h9-12,16H,7-8,13-15H2,1-6H3,(H2,21,22,23). The number of hydrogen-bond donors (Lipinski definition) is 2. The largest absolute Gasteiger partial charge is 0.357 e. The third-order valence-corrected chi connectivity index (χ3v) is 4.20. The van der Waals surface area contributed by atoms with Crippen LogP contribution in [0.3, 0.4) is 0 Å². The van der Waals surface area contributed by atoms with Gasteiger partial charge in [0.1, 0.15) is 0 Å². The first kappa shape index (κ1) is 22.0. The highest BCUT2D eigenvalue weighted by Gasteiger charge is 2.08. The van der Waals surface area contributed by atoms with Crippen molar-refractivity contribution < 1.29 is 4.79 Å². The van der Waals surface area contributed by atoms with E-state index in [-0.39, 0.29) is 5.91 Å². The van der Waals surface area contributed by atoms with Crippen LogP contribution in [0.5, 0.6) is 0 Å². The van der Waals surface area contributed by atoms with Crippen LogP contribution in [0.15, 0.2) is 29.3 Å². The van der Waals surface area contributed by atoms with Gasteiger partial charge >= 0.3 is 0 Å². The Morgan fingerprint density at radius 1 is 1.12 bits per heavy atom. The molecule has 1 aromatic carbocycles. The van der Waals surface area contributed by atoms with Crippen molar-refractivity contribution >= 4 is 11.9 Å². The van der Waals surface area contributed by atoms with E-state index >= 15 is 0 Å². The number of amides is 1. The molecule has 1 aromatic rings. The van der Waals surface area contributed by atoms with Crippen molar-refractivity contribution in [2.24, 2.45) is 4.99 Å². The summed E-state index contributed by atoms with van der Waals surface area (Å²) in [4.78, 5) is 20.6. The van der Waals surface area contributed by atoms with Crippen LogP contribution in [0.4, 0.5) is 0 Å². The molecule has 0 aliphatic carbocycles. The number of carbonyl (C=O) groups is 1. The van der Waals surface area contributed by atoms with Gasteiger partial charge in [-0.25, -0.2) is 4.99 Å². The molecule has 6 nitrogen and oxygen atoms in total. The van der Waals surface area contributed by atoms with Crippen LogP contribution in [0.2, 0.25) is 0 Å². The maximum Gasteiger partial charge on any atom is 0.253 e. The molecule has 0 heterocycles. The summed E-state index contributed by atoms with van der Waals surface area (Å²) in [6, 6.07) is 8.18. The number of hydrogen-bond acceptors (Lipinski definition) is 3. The Bertz CT molecular complexity index is 566. The van der Waals surface area contributed by atoms with Gasteiger partial charge in [0, 0.05) is 45.3 Å². The summed E-state index contributed by atoms with van der Waals surface area (Å²) >= 11 is 0. The molecule has 6 heteroatoms. The molecule has 1 amide bonds. The predicted molar refractivity (Wildman–Crippen MR) is 110 cm³/mol. The minimum absolute atomic E-state index is 0.0145. The SMILES string of the molecule is CCNC(=NCc1ccc(C(=O)N(C)C)cc1)NCCN(CC)C(C)C. The van der Waals surface area contributed by atoms with Crippen LogP contribution in [-0.4, -0.2) is 68.0 Å². The average Bonchev–Trinajstić information content (AvgIpc) is 2.62. The van der Waals surface area contributed by atoms with Crippen molar-refractivity contribution in [2.75, 3.05) is 40.3 Å². The van der Waals surface area contributed by atoms with Gasteiger partial charge in [-0.3, -0.25) is 9.69 Å². The van der Waals surface area contributed by atoms with Crippen LogP contribution >= 0.6 is 0 Å². The Balaban J connectivity index is 2.61. The summed E-state index contributed by atoms with van der Waals surface area (Å²) in [6.45, 7) is 13.0. The van der Waals surface area contributed by atoms with Crippen LogP contribution in [-0.2, 0) is 6.54 Å². The summed E-state index contributed by atoms with van der Waals surface area (Å²) < 4.78 is 0. The number of guanidine groups is 1. The molecular weight excluding hydrogens is 326 g/mol.